The molecule has 10 heteroatoms. The van der Waals surface area contributed by atoms with Gasteiger partial charge in [0.1, 0.15) is 6.54 Å². The molecular weight excluding hydrogens is 645 g/mol. The minimum atomic E-state index is -4.24. The average Bonchev–Trinajstić information content (AvgIpc) is 3.07. The van der Waals surface area contributed by atoms with Gasteiger partial charge >= 0.3 is 0 Å². The van der Waals surface area contributed by atoms with Crippen molar-refractivity contribution in [3.63, 3.8) is 0 Å². The Labute approximate surface area is 283 Å². The van der Waals surface area contributed by atoms with Crippen molar-refractivity contribution in [2.45, 2.75) is 43.7 Å². The molecule has 248 valence electrons. The van der Waals surface area contributed by atoms with Crippen LogP contribution < -0.4 is 4.90 Å². The van der Waals surface area contributed by atoms with Gasteiger partial charge < -0.3 is 4.90 Å². The van der Waals surface area contributed by atoms with E-state index >= 15 is 0 Å². The van der Waals surface area contributed by atoms with Crippen LogP contribution in [0, 0.1) is 6.92 Å². The van der Waals surface area contributed by atoms with Crippen LogP contribution in [0.3, 0.4) is 0 Å². The summed E-state index contributed by atoms with van der Waals surface area (Å²) < 4.78 is 66.5. The first kappa shape index (κ1) is 34.7. The van der Waals surface area contributed by atoms with Gasteiger partial charge in [0.2, 0.25) is 0 Å². The van der Waals surface area contributed by atoms with Crippen LogP contribution in [0.5, 0.6) is 0 Å². The molecule has 1 aliphatic rings. The van der Waals surface area contributed by atoms with E-state index in [1.165, 1.54) is 29.8 Å². The number of hydrogen-bond donors (Lipinski definition) is 2. The highest BCUT2D eigenvalue weighted by molar-refractivity contribution is 7.86. The van der Waals surface area contributed by atoms with Crippen molar-refractivity contribution in [2.75, 3.05) is 18.0 Å². The Morgan fingerprint density at radius 2 is 1.12 bits per heavy atom. The lowest BCUT2D eigenvalue weighted by molar-refractivity contribution is -0.539. The van der Waals surface area contributed by atoms with Gasteiger partial charge in [-0.1, -0.05) is 66.2 Å². The largest absolute Gasteiger partial charge is 0.367 e. The van der Waals surface area contributed by atoms with Crippen molar-refractivity contribution in [1.82, 2.24) is 0 Å². The lowest BCUT2D eigenvalue weighted by Crippen LogP contribution is -2.22. The Morgan fingerprint density at radius 1 is 0.646 bits per heavy atom. The van der Waals surface area contributed by atoms with E-state index in [2.05, 4.69) is 103 Å². The van der Waals surface area contributed by atoms with Crippen molar-refractivity contribution in [3.05, 3.63) is 155 Å². The Morgan fingerprint density at radius 3 is 1.58 bits per heavy atom. The Bertz CT molecular complexity index is 2090. The van der Waals surface area contributed by atoms with E-state index in [0.29, 0.717) is 13.1 Å². The molecule has 8 nitrogen and oxygen atoms in total. The molecule has 0 aliphatic heterocycles. The average molecular weight is 684 g/mol. The summed E-state index contributed by atoms with van der Waals surface area (Å²) in [5.41, 5.74) is 9.41. The fourth-order valence-electron chi connectivity index (χ4n) is 5.64. The second-order valence-corrected chi connectivity index (χ2v) is 14.4. The van der Waals surface area contributed by atoms with Gasteiger partial charge in [-0.25, -0.2) is 4.58 Å². The minimum absolute atomic E-state index is 0.124. The van der Waals surface area contributed by atoms with E-state index in [0.717, 1.165) is 57.9 Å². The summed E-state index contributed by atoms with van der Waals surface area (Å²) >= 11 is 0. The second kappa shape index (κ2) is 14.7. The van der Waals surface area contributed by atoms with Gasteiger partial charge in [-0.3, -0.25) is 9.11 Å². The lowest BCUT2D eigenvalue weighted by atomic mass is 9.90. The first-order valence-electron chi connectivity index (χ1n) is 15.6. The number of rotatable bonds is 11. The SMILES string of the molecule is CCN(Cc1ccc(S(=O)(=O)O)cc1)c1ccc(C(=C2C=CC(=[N+](CC)Cc3ccc(S(=O)(=O)O)cc3)C=C2)c2ccc(C)cc2)cc1. The number of anilines is 1. The molecule has 0 aromatic heterocycles. The standard InChI is InChI=1S/C38H38N2O6S2/c1-4-39(26-29-8-22-36(23-9-29)47(41,42)43)34-18-14-32(15-19-34)38(31-12-6-28(3)7-13-31)33-16-20-35(21-17-33)40(5-2)27-30-10-24-37(25-11-30)48(44,45)46/h6-25H,4-5,26-27H2,1-3H3,(H-,41,42,43,44,45,46)/p+1. The molecule has 0 unspecified atom stereocenters. The van der Waals surface area contributed by atoms with Crippen LogP contribution in [0.15, 0.2) is 137 Å². The molecule has 4 aromatic carbocycles. The fraction of sp³-hybridized carbons (Fsp3) is 0.184. The topological polar surface area (TPSA) is 115 Å². The molecule has 0 fully saturated rings. The number of allylic oxidation sites excluding steroid dienone is 5. The van der Waals surface area contributed by atoms with Crippen LogP contribution in [0.1, 0.15) is 41.7 Å². The molecule has 0 radical (unpaired) electrons. The molecule has 48 heavy (non-hydrogen) atoms. The summed E-state index contributed by atoms with van der Waals surface area (Å²) in [4.78, 5) is 1.95. The van der Waals surface area contributed by atoms with Gasteiger partial charge in [-0.05, 0) is 97.2 Å². The molecule has 0 bridgehead atoms. The first-order valence-corrected chi connectivity index (χ1v) is 18.5. The fourth-order valence-corrected chi connectivity index (χ4v) is 6.60. The zero-order chi connectivity index (χ0) is 34.5. The normalized spacial score (nSPS) is 13.1. The van der Waals surface area contributed by atoms with E-state index in [9.17, 15) is 25.9 Å². The van der Waals surface area contributed by atoms with Gasteiger partial charge in [0.25, 0.3) is 20.2 Å². The summed E-state index contributed by atoms with van der Waals surface area (Å²) in [5.74, 6) is 0. The number of aryl methyl sites for hydroxylation is 1. The smallest absolute Gasteiger partial charge is 0.294 e. The lowest BCUT2D eigenvalue weighted by Gasteiger charge is -2.24. The van der Waals surface area contributed by atoms with Crippen molar-refractivity contribution < 1.29 is 30.5 Å². The third-order valence-corrected chi connectivity index (χ3v) is 10.1. The molecule has 0 heterocycles. The maximum Gasteiger partial charge on any atom is 0.294 e. The van der Waals surface area contributed by atoms with Gasteiger partial charge in [-0.15, -0.1) is 0 Å². The first-order chi connectivity index (χ1) is 22.9. The van der Waals surface area contributed by atoms with Crippen molar-refractivity contribution in [1.29, 1.82) is 0 Å². The van der Waals surface area contributed by atoms with Crippen LogP contribution in [-0.2, 0) is 33.3 Å². The number of benzene rings is 4. The predicted octanol–water partition coefficient (Wildman–Crippen LogP) is 7.12. The highest BCUT2D eigenvalue weighted by Gasteiger charge is 2.17. The predicted molar refractivity (Wildman–Crippen MR) is 191 cm³/mol. The van der Waals surface area contributed by atoms with Gasteiger partial charge in [0.15, 0.2) is 12.3 Å². The summed E-state index contributed by atoms with van der Waals surface area (Å²) in [5, 5.41) is 0. The summed E-state index contributed by atoms with van der Waals surface area (Å²) in [7, 11) is -8.47. The molecule has 0 saturated carbocycles. The molecule has 0 spiro atoms. The van der Waals surface area contributed by atoms with Crippen LogP contribution in [0.25, 0.3) is 5.57 Å². The molecule has 0 atom stereocenters. The molecular formula is C38H39N2O6S2+. The number of nitrogens with zero attached hydrogens (tertiary/aromatic N) is 2. The van der Waals surface area contributed by atoms with Crippen LogP contribution in [0.4, 0.5) is 5.69 Å². The second-order valence-electron chi connectivity index (χ2n) is 11.6. The third-order valence-electron chi connectivity index (χ3n) is 8.34. The minimum Gasteiger partial charge on any atom is -0.367 e. The summed E-state index contributed by atoms with van der Waals surface area (Å²) in [6.07, 6.45) is 8.44. The van der Waals surface area contributed by atoms with Crippen LogP contribution >= 0.6 is 0 Å². The third kappa shape index (κ3) is 8.45. The molecule has 0 saturated heterocycles. The van der Waals surface area contributed by atoms with Crippen LogP contribution in [0.2, 0.25) is 0 Å². The highest BCUT2D eigenvalue weighted by Crippen LogP contribution is 2.32. The Hall–Kier alpha value is -4.61. The van der Waals surface area contributed by atoms with E-state index in [1.54, 1.807) is 24.3 Å². The molecule has 0 amide bonds. The molecule has 2 N–H and O–H groups in total. The van der Waals surface area contributed by atoms with Gasteiger partial charge in [-0.2, -0.15) is 16.8 Å². The monoisotopic (exact) mass is 683 g/mol. The van der Waals surface area contributed by atoms with Crippen molar-refractivity contribution >= 4 is 37.2 Å². The van der Waals surface area contributed by atoms with Crippen molar-refractivity contribution in [3.8, 4) is 0 Å². The van der Waals surface area contributed by atoms with Crippen molar-refractivity contribution in [2.24, 2.45) is 0 Å². The molecule has 1 aliphatic carbocycles. The quantitative estimate of drug-likeness (QED) is 0.128. The molecule has 5 rings (SSSR count). The Balaban J connectivity index is 1.43. The van der Waals surface area contributed by atoms with E-state index < -0.39 is 20.2 Å². The highest BCUT2D eigenvalue weighted by atomic mass is 32.2. The van der Waals surface area contributed by atoms with E-state index in [1.807, 2.05) is 0 Å². The molecule has 4 aromatic rings. The maximum atomic E-state index is 11.4. The van der Waals surface area contributed by atoms with Gasteiger partial charge in [0, 0.05) is 36.5 Å². The summed E-state index contributed by atoms with van der Waals surface area (Å²) in [6, 6.07) is 29.4. The van der Waals surface area contributed by atoms with E-state index in [4.69, 9.17) is 0 Å². The van der Waals surface area contributed by atoms with E-state index in [-0.39, 0.29) is 9.79 Å². The zero-order valence-corrected chi connectivity index (χ0v) is 28.7. The van der Waals surface area contributed by atoms with Gasteiger partial charge in [0.05, 0.1) is 9.79 Å². The zero-order valence-electron chi connectivity index (χ0n) is 27.1. The maximum absolute atomic E-state index is 11.4. The summed E-state index contributed by atoms with van der Waals surface area (Å²) in [6.45, 7) is 8.85. The van der Waals surface area contributed by atoms with Crippen LogP contribution in [-0.4, -0.2) is 49.3 Å². The Kier molecular flexibility index (Phi) is 10.6. The number of hydrogen-bond acceptors (Lipinski definition) is 5.